The summed E-state index contributed by atoms with van der Waals surface area (Å²) in [6, 6.07) is 11.5. The van der Waals surface area contributed by atoms with E-state index < -0.39 is 0 Å². The molecule has 0 aliphatic heterocycles. The Labute approximate surface area is 201 Å². The highest BCUT2D eigenvalue weighted by atomic mass is 16.5. The summed E-state index contributed by atoms with van der Waals surface area (Å²) in [6.07, 6.45) is 3.32. The highest BCUT2D eigenvalue weighted by molar-refractivity contribution is 5.90. The molecule has 0 aliphatic carbocycles. The number of nitrogen functional groups attached to an aromatic ring is 1. The van der Waals surface area contributed by atoms with Crippen molar-refractivity contribution in [3.63, 3.8) is 0 Å². The smallest absolute Gasteiger partial charge is 0.225 e. The van der Waals surface area contributed by atoms with Crippen molar-refractivity contribution >= 4 is 28.3 Å². The number of aromatic nitrogens is 6. The van der Waals surface area contributed by atoms with Gasteiger partial charge in [0.1, 0.15) is 12.4 Å². The Morgan fingerprint density at radius 1 is 1.03 bits per heavy atom. The summed E-state index contributed by atoms with van der Waals surface area (Å²) in [7, 11) is 1.66. The van der Waals surface area contributed by atoms with Gasteiger partial charge in [-0.2, -0.15) is 14.6 Å². The van der Waals surface area contributed by atoms with Crippen molar-refractivity contribution in [2.45, 2.75) is 6.54 Å². The molecule has 5 aromatic rings. The van der Waals surface area contributed by atoms with E-state index in [4.69, 9.17) is 19.6 Å². The molecule has 182 valence electrons. The molecule has 4 N–H and O–H groups in total. The number of nitrogens with one attached hydrogen (secondary N) is 2. The molecular formula is C23H27N9O3. The van der Waals surface area contributed by atoms with E-state index in [1.807, 2.05) is 28.9 Å². The molecule has 0 amide bonds. The van der Waals surface area contributed by atoms with E-state index in [1.54, 1.807) is 31.7 Å². The van der Waals surface area contributed by atoms with E-state index in [-0.39, 0.29) is 5.95 Å². The summed E-state index contributed by atoms with van der Waals surface area (Å²) in [5, 5.41) is 16.5. The predicted octanol–water partition coefficient (Wildman–Crippen LogP) is 2.04. The second kappa shape index (κ2) is 10.4. The van der Waals surface area contributed by atoms with E-state index in [0.29, 0.717) is 42.6 Å². The van der Waals surface area contributed by atoms with Crippen LogP contribution in [0.2, 0.25) is 0 Å². The topological polar surface area (TPSA) is 143 Å². The first-order chi connectivity index (χ1) is 17.2. The fraction of sp³-hybridized carbons (Fsp3) is 0.304. The third-order valence-electron chi connectivity index (χ3n) is 5.38. The number of nitrogens with two attached hydrogens (primary N) is 1. The van der Waals surface area contributed by atoms with Crippen LogP contribution in [0.4, 0.5) is 11.6 Å². The summed E-state index contributed by atoms with van der Waals surface area (Å²) in [6.45, 7) is 4.05. The fourth-order valence-electron chi connectivity index (χ4n) is 3.65. The number of furan rings is 1. The van der Waals surface area contributed by atoms with Gasteiger partial charge in [0.15, 0.2) is 17.1 Å². The number of benzene rings is 1. The number of hydrogen-bond donors (Lipinski definition) is 3. The van der Waals surface area contributed by atoms with Gasteiger partial charge in [0.2, 0.25) is 11.8 Å². The first-order valence-corrected chi connectivity index (χ1v) is 11.3. The van der Waals surface area contributed by atoms with Gasteiger partial charge in [-0.3, -0.25) is 0 Å². The third-order valence-corrected chi connectivity index (χ3v) is 5.38. The molecule has 4 aromatic heterocycles. The zero-order chi connectivity index (χ0) is 24.0. The molecule has 0 bridgehead atoms. The zero-order valence-electron chi connectivity index (χ0n) is 19.3. The molecule has 0 saturated carbocycles. The maximum Gasteiger partial charge on any atom is 0.225 e. The van der Waals surface area contributed by atoms with E-state index in [2.05, 4.69) is 30.8 Å². The van der Waals surface area contributed by atoms with Crippen LogP contribution in [0, 0.1) is 0 Å². The minimum absolute atomic E-state index is 0.242. The molecule has 0 spiro atoms. The molecule has 0 aliphatic rings. The molecule has 12 nitrogen and oxygen atoms in total. The number of anilines is 2. The summed E-state index contributed by atoms with van der Waals surface area (Å²) in [5.74, 6) is 2.09. The van der Waals surface area contributed by atoms with Gasteiger partial charge in [-0.1, -0.05) is 0 Å². The van der Waals surface area contributed by atoms with Gasteiger partial charge in [0, 0.05) is 32.4 Å². The van der Waals surface area contributed by atoms with Crippen LogP contribution in [0.15, 0.2) is 53.3 Å². The lowest BCUT2D eigenvalue weighted by atomic mass is 10.3. The van der Waals surface area contributed by atoms with Crippen molar-refractivity contribution in [2.24, 2.45) is 0 Å². The van der Waals surface area contributed by atoms with Crippen molar-refractivity contribution in [1.82, 2.24) is 34.7 Å². The lowest BCUT2D eigenvalue weighted by molar-refractivity contribution is 0.146. The highest BCUT2D eigenvalue weighted by Gasteiger charge is 2.17. The first kappa shape index (κ1) is 22.6. The average molecular weight is 478 g/mol. The molecule has 1 aromatic carbocycles. The number of rotatable bonds is 12. The Balaban J connectivity index is 1.13. The van der Waals surface area contributed by atoms with Gasteiger partial charge in [-0.25, -0.2) is 9.67 Å². The molecular weight excluding hydrogens is 450 g/mol. The maximum atomic E-state index is 6.15. The van der Waals surface area contributed by atoms with Crippen LogP contribution >= 0.6 is 0 Å². The van der Waals surface area contributed by atoms with Crippen LogP contribution < -0.4 is 21.1 Å². The second-order valence-electron chi connectivity index (χ2n) is 7.77. The first-order valence-electron chi connectivity index (χ1n) is 11.3. The molecule has 0 unspecified atom stereocenters. The lowest BCUT2D eigenvalue weighted by Crippen LogP contribution is -2.26. The van der Waals surface area contributed by atoms with Crippen LogP contribution in [-0.4, -0.2) is 69.3 Å². The molecule has 4 heterocycles. The Hall–Kier alpha value is -4.16. The number of ether oxygens (including phenoxy) is 2. The number of methoxy groups -OCH3 is 1. The standard InChI is InChI=1S/C23H27N9O3/c1-33-13-14-34-17-6-4-16(5-7-17)26-9-8-25-10-11-31-21-18(15-27-31)22-28-20(19-3-2-12-35-19)30-32(22)23(24)29-21/h2-7,12,15,25-26H,8-11,13-14H2,1H3,(H2,24,29). The quantitative estimate of drug-likeness (QED) is 0.228. The third kappa shape index (κ3) is 5.03. The summed E-state index contributed by atoms with van der Waals surface area (Å²) < 4.78 is 19.3. The predicted molar refractivity (Wildman–Crippen MR) is 131 cm³/mol. The minimum Gasteiger partial charge on any atom is -0.491 e. The van der Waals surface area contributed by atoms with Crippen molar-refractivity contribution in [1.29, 1.82) is 0 Å². The van der Waals surface area contributed by atoms with Gasteiger partial charge in [-0.05, 0) is 36.4 Å². The molecule has 0 fully saturated rings. The lowest BCUT2D eigenvalue weighted by Gasteiger charge is -2.10. The maximum absolute atomic E-state index is 6.15. The van der Waals surface area contributed by atoms with Crippen LogP contribution in [0.5, 0.6) is 5.75 Å². The van der Waals surface area contributed by atoms with Crippen LogP contribution in [0.1, 0.15) is 0 Å². The van der Waals surface area contributed by atoms with E-state index >= 15 is 0 Å². The molecule has 0 atom stereocenters. The second-order valence-corrected chi connectivity index (χ2v) is 7.77. The van der Waals surface area contributed by atoms with Gasteiger partial charge < -0.3 is 30.3 Å². The number of nitrogens with zero attached hydrogens (tertiary/aromatic N) is 6. The average Bonchev–Trinajstić information content (AvgIpc) is 3.62. The minimum atomic E-state index is 0.242. The Kier molecular flexibility index (Phi) is 6.73. The van der Waals surface area contributed by atoms with Crippen LogP contribution in [0.25, 0.3) is 28.3 Å². The Bertz CT molecular complexity index is 1380. The van der Waals surface area contributed by atoms with Gasteiger partial charge in [-0.15, -0.1) is 5.10 Å². The molecule has 12 heteroatoms. The van der Waals surface area contributed by atoms with Gasteiger partial charge >= 0.3 is 0 Å². The van der Waals surface area contributed by atoms with Gasteiger partial charge in [0.05, 0.1) is 31.0 Å². The van der Waals surface area contributed by atoms with E-state index in [1.165, 1.54) is 4.52 Å². The van der Waals surface area contributed by atoms with Gasteiger partial charge in [0.25, 0.3) is 0 Å². The SMILES string of the molecule is COCCOc1ccc(NCCNCCn2ncc3c2nc(N)n2nc(-c4ccco4)nc32)cc1. The Morgan fingerprint density at radius 3 is 2.71 bits per heavy atom. The molecule has 5 rings (SSSR count). The monoisotopic (exact) mass is 477 g/mol. The fourth-order valence-corrected chi connectivity index (χ4v) is 3.65. The van der Waals surface area contributed by atoms with Crippen LogP contribution in [-0.2, 0) is 11.3 Å². The van der Waals surface area contributed by atoms with E-state index in [9.17, 15) is 0 Å². The molecule has 0 saturated heterocycles. The molecule has 35 heavy (non-hydrogen) atoms. The van der Waals surface area contributed by atoms with Crippen molar-refractivity contribution < 1.29 is 13.9 Å². The number of fused-ring (bicyclic) bond motifs is 3. The zero-order valence-corrected chi connectivity index (χ0v) is 19.3. The Morgan fingerprint density at radius 2 is 1.91 bits per heavy atom. The van der Waals surface area contributed by atoms with Crippen molar-refractivity contribution in [2.75, 3.05) is 51.0 Å². The summed E-state index contributed by atoms with van der Waals surface area (Å²) in [4.78, 5) is 9.07. The largest absolute Gasteiger partial charge is 0.491 e. The van der Waals surface area contributed by atoms with Crippen molar-refractivity contribution in [3.05, 3.63) is 48.9 Å². The summed E-state index contributed by atoms with van der Waals surface area (Å²) >= 11 is 0. The van der Waals surface area contributed by atoms with E-state index in [0.717, 1.165) is 36.5 Å². The normalized spacial score (nSPS) is 11.5. The highest BCUT2D eigenvalue weighted by Crippen LogP contribution is 2.23. The number of hydrogen-bond acceptors (Lipinski definition) is 10. The molecule has 0 radical (unpaired) electrons. The van der Waals surface area contributed by atoms with Crippen molar-refractivity contribution in [3.8, 4) is 17.3 Å². The van der Waals surface area contributed by atoms with Crippen LogP contribution in [0.3, 0.4) is 0 Å². The summed E-state index contributed by atoms with van der Waals surface area (Å²) in [5.41, 5.74) is 8.45.